The highest BCUT2D eigenvalue weighted by Gasteiger charge is 2.24. The van der Waals surface area contributed by atoms with Crippen molar-refractivity contribution in [1.82, 2.24) is 9.97 Å². The van der Waals surface area contributed by atoms with Crippen LogP contribution in [0.4, 0.5) is 15.8 Å². The Morgan fingerprint density at radius 3 is 2.46 bits per heavy atom. The number of nitrogens with zero attached hydrogens (tertiary/aromatic N) is 3. The van der Waals surface area contributed by atoms with E-state index in [-0.39, 0.29) is 24.6 Å². The molecule has 1 N–H and O–H groups in total. The number of benzene rings is 2. The fourth-order valence-corrected chi connectivity index (χ4v) is 3.96. The van der Waals surface area contributed by atoms with Gasteiger partial charge in [-0.05, 0) is 48.4 Å². The van der Waals surface area contributed by atoms with Crippen LogP contribution in [0.25, 0.3) is 0 Å². The van der Waals surface area contributed by atoms with E-state index in [4.69, 9.17) is 4.42 Å². The average Bonchev–Trinajstić information content (AvgIpc) is 3.34. The zero-order valence-corrected chi connectivity index (χ0v) is 19.9. The first kappa shape index (κ1) is 24.1. The number of furan rings is 1. The lowest BCUT2D eigenvalue weighted by Crippen LogP contribution is -2.27. The molecule has 0 saturated carbocycles. The standard InChI is InChI=1S/C25H23FN4O4S/c1-17-6-3-4-8-21(17)28-24(31)23-22(14-27-25(29-23)35(2,32)33)30(16-20-7-5-13-34-20)15-18-9-11-19(26)12-10-18/h3-14H,15-16H2,1-2H3,(H,28,31). The second-order valence-corrected chi connectivity index (χ2v) is 9.90. The van der Waals surface area contributed by atoms with Crippen molar-refractivity contribution < 1.29 is 22.0 Å². The van der Waals surface area contributed by atoms with E-state index in [1.54, 1.807) is 41.3 Å². The van der Waals surface area contributed by atoms with Gasteiger partial charge >= 0.3 is 0 Å². The molecule has 0 radical (unpaired) electrons. The first-order chi connectivity index (χ1) is 16.7. The number of nitrogens with one attached hydrogen (secondary N) is 1. The zero-order chi connectivity index (χ0) is 25.0. The summed E-state index contributed by atoms with van der Waals surface area (Å²) >= 11 is 0. The minimum Gasteiger partial charge on any atom is -0.467 e. The minimum atomic E-state index is -3.78. The highest BCUT2D eigenvalue weighted by atomic mass is 32.2. The van der Waals surface area contributed by atoms with Gasteiger partial charge in [-0.3, -0.25) is 4.79 Å². The maximum Gasteiger partial charge on any atom is 0.276 e. The monoisotopic (exact) mass is 494 g/mol. The number of hydrogen-bond donors (Lipinski definition) is 1. The lowest BCUT2D eigenvalue weighted by atomic mass is 10.1. The lowest BCUT2D eigenvalue weighted by Gasteiger charge is -2.25. The molecule has 0 saturated heterocycles. The third-order valence-electron chi connectivity index (χ3n) is 5.24. The molecule has 35 heavy (non-hydrogen) atoms. The molecule has 180 valence electrons. The van der Waals surface area contributed by atoms with Gasteiger partial charge in [-0.2, -0.15) is 0 Å². The molecule has 1 amide bonds. The number of aromatic nitrogens is 2. The van der Waals surface area contributed by atoms with Gasteiger partial charge in [-0.25, -0.2) is 22.8 Å². The Kier molecular flexibility index (Phi) is 6.92. The predicted octanol–water partition coefficient (Wildman–Crippen LogP) is 4.38. The molecule has 2 aromatic heterocycles. The largest absolute Gasteiger partial charge is 0.467 e. The maximum absolute atomic E-state index is 13.5. The smallest absolute Gasteiger partial charge is 0.276 e. The Balaban J connectivity index is 1.79. The molecule has 0 aliphatic heterocycles. The SMILES string of the molecule is Cc1ccccc1NC(=O)c1nc(S(C)(=O)=O)ncc1N(Cc1ccc(F)cc1)Cc1ccco1. The predicted molar refractivity (Wildman–Crippen MR) is 129 cm³/mol. The highest BCUT2D eigenvalue weighted by molar-refractivity contribution is 7.90. The summed E-state index contributed by atoms with van der Waals surface area (Å²) < 4.78 is 43.3. The van der Waals surface area contributed by atoms with Crippen molar-refractivity contribution in [2.24, 2.45) is 0 Å². The van der Waals surface area contributed by atoms with Crippen LogP contribution in [-0.2, 0) is 22.9 Å². The number of carbonyl (C=O) groups is 1. The number of carbonyl (C=O) groups excluding carboxylic acids is 1. The van der Waals surface area contributed by atoms with Crippen LogP contribution >= 0.6 is 0 Å². The number of rotatable bonds is 8. The number of halogens is 1. The average molecular weight is 495 g/mol. The Hall–Kier alpha value is -4.05. The van der Waals surface area contributed by atoms with Crippen LogP contribution in [0.15, 0.2) is 82.7 Å². The van der Waals surface area contributed by atoms with E-state index in [1.165, 1.54) is 24.6 Å². The Bertz CT molecular complexity index is 1440. The van der Waals surface area contributed by atoms with Crippen LogP contribution in [0.3, 0.4) is 0 Å². The van der Waals surface area contributed by atoms with Crippen molar-refractivity contribution in [2.75, 3.05) is 16.5 Å². The summed E-state index contributed by atoms with van der Waals surface area (Å²) in [5.41, 5.74) is 2.34. The Morgan fingerprint density at radius 2 is 1.80 bits per heavy atom. The van der Waals surface area contributed by atoms with E-state index < -0.39 is 20.9 Å². The van der Waals surface area contributed by atoms with E-state index in [0.717, 1.165) is 17.4 Å². The number of anilines is 2. The van der Waals surface area contributed by atoms with Crippen molar-refractivity contribution in [3.05, 3.63) is 102 Å². The third-order valence-corrected chi connectivity index (χ3v) is 6.10. The molecule has 2 aromatic carbocycles. The van der Waals surface area contributed by atoms with E-state index in [9.17, 15) is 17.6 Å². The maximum atomic E-state index is 13.5. The molecule has 4 aromatic rings. The Labute approximate surface area is 202 Å². The molecule has 0 aliphatic carbocycles. The highest BCUT2D eigenvalue weighted by Crippen LogP contribution is 2.26. The van der Waals surface area contributed by atoms with Gasteiger partial charge in [-0.1, -0.05) is 30.3 Å². The number of aryl methyl sites for hydroxylation is 1. The second kappa shape index (κ2) is 10.1. The van der Waals surface area contributed by atoms with Crippen LogP contribution < -0.4 is 10.2 Å². The molecule has 0 bridgehead atoms. The molecule has 0 spiro atoms. The van der Waals surface area contributed by atoms with Gasteiger partial charge in [0.05, 0.1) is 24.7 Å². The number of hydrogen-bond acceptors (Lipinski definition) is 7. The van der Waals surface area contributed by atoms with Gasteiger partial charge in [0.1, 0.15) is 11.6 Å². The number of amides is 1. The normalized spacial score (nSPS) is 11.3. The van der Waals surface area contributed by atoms with Gasteiger partial charge in [-0.15, -0.1) is 0 Å². The topological polar surface area (TPSA) is 105 Å². The summed E-state index contributed by atoms with van der Waals surface area (Å²) in [7, 11) is -3.78. The van der Waals surface area contributed by atoms with Gasteiger partial charge < -0.3 is 14.6 Å². The van der Waals surface area contributed by atoms with Gasteiger partial charge in [0.15, 0.2) is 5.69 Å². The van der Waals surface area contributed by atoms with Crippen molar-refractivity contribution in [3.63, 3.8) is 0 Å². The van der Waals surface area contributed by atoms with Crippen molar-refractivity contribution in [1.29, 1.82) is 0 Å². The summed E-state index contributed by atoms with van der Waals surface area (Å²) in [5.74, 6) is -0.361. The first-order valence-corrected chi connectivity index (χ1v) is 12.6. The molecular weight excluding hydrogens is 471 g/mol. The summed E-state index contributed by atoms with van der Waals surface area (Å²) in [5, 5.41) is 2.34. The molecule has 0 atom stereocenters. The van der Waals surface area contributed by atoms with Gasteiger partial charge in [0.25, 0.3) is 5.91 Å². The first-order valence-electron chi connectivity index (χ1n) is 10.7. The fraction of sp³-hybridized carbons (Fsp3) is 0.160. The Morgan fingerprint density at radius 1 is 1.06 bits per heavy atom. The lowest BCUT2D eigenvalue weighted by molar-refractivity contribution is 0.102. The van der Waals surface area contributed by atoms with Crippen LogP contribution in [0, 0.1) is 12.7 Å². The number of sulfone groups is 1. The van der Waals surface area contributed by atoms with Gasteiger partial charge in [0.2, 0.25) is 15.0 Å². The van der Waals surface area contributed by atoms with Crippen LogP contribution in [0.2, 0.25) is 0 Å². The van der Waals surface area contributed by atoms with Crippen LogP contribution in [0.1, 0.15) is 27.4 Å². The quantitative estimate of drug-likeness (QED) is 0.362. The van der Waals surface area contributed by atoms with Crippen molar-refractivity contribution in [2.45, 2.75) is 25.2 Å². The third kappa shape index (κ3) is 5.90. The molecular formula is C25H23FN4O4S. The van der Waals surface area contributed by atoms with Gasteiger partial charge in [0, 0.05) is 18.5 Å². The van der Waals surface area contributed by atoms with Crippen LogP contribution in [0.5, 0.6) is 0 Å². The minimum absolute atomic E-state index is 0.114. The fourth-order valence-electron chi connectivity index (χ4n) is 3.46. The summed E-state index contributed by atoms with van der Waals surface area (Å²) in [4.78, 5) is 23.3. The molecule has 10 heteroatoms. The molecule has 8 nitrogen and oxygen atoms in total. The van der Waals surface area contributed by atoms with E-state index in [0.29, 0.717) is 17.1 Å². The molecule has 0 unspecified atom stereocenters. The van der Waals surface area contributed by atoms with Crippen molar-refractivity contribution in [3.8, 4) is 0 Å². The number of para-hydroxylation sites is 1. The molecule has 2 heterocycles. The van der Waals surface area contributed by atoms with Crippen LogP contribution in [-0.4, -0.2) is 30.5 Å². The molecule has 4 rings (SSSR count). The van der Waals surface area contributed by atoms with E-state index >= 15 is 0 Å². The molecule has 0 aliphatic rings. The second-order valence-electron chi connectivity index (χ2n) is 7.99. The van der Waals surface area contributed by atoms with Crippen molar-refractivity contribution >= 4 is 27.1 Å². The van der Waals surface area contributed by atoms with E-state index in [1.807, 2.05) is 19.1 Å². The summed E-state index contributed by atoms with van der Waals surface area (Å²) in [6.07, 6.45) is 3.81. The zero-order valence-electron chi connectivity index (χ0n) is 19.1. The van der Waals surface area contributed by atoms with E-state index in [2.05, 4.69) is 15.3 Å². The summed E-state index contributed by atoms with van der Waals surface area (Å²) in [6, 6.07) is 16.7. The molecule has 0 fully saturated rings. The summed E-state index contributed by atoms with van der Waals surface area (Å²) in [6.45, 7) is 2.33.